The van der Waals surface area contributed by atoms with Crippen LogP contribution in [0.3, 0.4) is 0 Å². The quantitative estimate of drug-likeness (QED) is 0.841. The van der Waals surface area contributed by atoms with Crippen molar-refractivity contribution in [2.24, 2.45) is 5.92 Å². The monoisotopic (exact) mass is 308 g/mol. The SMILES string of the molecule is CCC(NC(=O)CCC1CCCNC1)c1ccc(Cl)cc1. The molecule has 3 nitrogen and oxygen atoms in total. The van der Waals surface area contributed by atoms with Crippen LogP contribution in [0.4, 0.5) is 0 Å². The zero-order valence-corrected chi connectivity index (χ0v) is 13.5. The van der Waals surface area contributed by atoms with E-state index >= 15 is 0 Å². The fourth-order valence-electron chi connectivity index (χ4n) is 2.89. The van der Waals surface area contributed by atoms with Crippen LogP contribution in [0, 0.1) is 5.92 Å². The van der Waals surface area contributed by atoms with E-state index in [1.807, 2.05) is 24.3 Å². The van der Waals surface area contributed by atoms with Crippen molar-refractivity contribution in [3.05, 3.63) is 34.9 Å². The summed E-state index contributed by atoms with van der Waals surface area (Å²) in [7, 11) is 0. The van der Waals surface area contributed by atoms with Gasteiger partial charge in [-0.15, -0.1) is 0 Å². The van der Waals surface area contributed by atoms with E-state index in [1.54, 1.807) is 0 Å². The summed E-state index contributed by atoms with van der Waals surface area (Å²) < 4.78 is 0. The molecule has 2 rings (SSSR count). The van der Waals surface area contributed by atoms with Gasteiger partial charge in [-0.2, -0.15) is 0 Å². The molecule has 1 aromatic carbocycles. The molecule has 1 aliphatic heterocycles. The van der Waals surface area contributed by atoms with E-state index in [0.29, 0.717) is 12.3 Å². The Morgan fingerprint density at radius 1 is 1.43 bits per heavy atom. The van der Waals surface area contributed by atoms with Gasteiger partial charge in [0.2, 0.25) is 5.91 Å². The first-order valence-electron chi connectivity index (χ1n) is 7.94. The number of hydrogen-bond acceptors (Lipinski definition) is 2. The number of carbonyl (C=O) groups excluding carboxylic acids is 1. The van der Waals surface area contributed by atoms with E-state index in [4.69, 9.17) is 11.6 Å². The maximum Gasteiger partial charge on any atom is 0.220 e. The van der Waals surface area contributed by atoms with Gasteiger partial charge in [-0.3, -0.25) is 4.79 Å². The fourth-order valence-corrected chi connectivity index (χ4v) is 3.01. The minimum Gasteiger partial charge on any atom is -0.349 e. The standard InChI is InChI=1S/C17H25ClN2O/c1-2-16(14-6-8-15(18)9-7-14)20-17(21)10-5-13-4-3-11-19-12-13/h6-9,13,16,19H,2-5,10-12H2,1H3,(H,20,21). The second-order valence-corrected chi connectivity index (χ2v) is 6.27. The summed E-state index contributed by atoms with van der Waals surface area (Å²) in [6.07, 6.45) is 4.97. The summed E-state index contributed by atoms with van der Waals surface area (Å²) in [5.74, 6) is 0.808. The van der Waals surface area contributed by atoms with Crippen molar-refractivity contribution in [1.82, 2.24) is 10.6 Å². The van der Waals surface area contributed by atoms with Crippen LogP contribution in [0.5, 0.6) is 0 Å². The summed E-state index contributed by atoms with van der Waals surface area (Å²) in [6.45, 7) is 4.27. The molecule has 1 fully saturated rings. The molecule has 1 aliphatic rings. The molecule has 2 unspecified atom stereocenters. The first-order valence-corrected chi connectivity index (χ1v) is 8.32. The van der Waals surface area contributed by atoms with Gasteiger partial charge in [0.05, 0.1) is 6.04 Å². The molecule has 0 bridgehead atoms. The topological polar surface area (TPSA) is 41.1 Å². The van der Waals surface area contributed by atoms with E-state index in [-0.39, 0.29) is 11.9 Å². The lowest BCUT2D eigenvalue weighted by molar-refractivity contribution is -0.122. The van der Waals surface area contributed by atoms with Crippen LogP contribution in [0.25, 0.3) is 0 Å². The molecule has 0 saturated carbocycles. The average Bonchev–Trinajstić information content (AvgIpc) is 2.52. The van der Waals surface area contributed by atoms with Crippen molar-refractivity contribution >= 4 is 17.5 Å². The van der Waals surface area contributed by atoms with Crippen LogP contribution in [-0.2, 0) is 4.79 Å². The summed E-state index contributed by atoms with van der Waals surface area (Å²) in [4.78, 5) is 12.1. The Morgan fingerprint density at radius 2 is 2.19 bits per heavy atom. The molecule has 116 valence electrons. The van der Waals surface area contributed by atoms with Crippen LogP contribution >= 0.6 is 11.6 Å². The number of piperidine rings is 1. The van der Waals surface area contributed by atoms with Crippen LogP contribution in [0.1, 0.15) is 50.6 Å². The lowest BCUT2D eigenvalue weighted by Crippen LogP contribution is -2.32. The highest BCUT2D eigenvalue weighted by Gasteiger charge is 2.16. The Bertz CT molecular complexity index is 441. The van der Waals surface area contributed by atoms with Gasteiger partial charge in [0.25, 0.3) is 0 Å². The molecule has 1 heterocycles. The van der Waals surface area contributed by atoms with Gasteiger partial charge in [0, 0.05) is 11.4 Å². The maximum absolute atomic E-state index is 12.1. The number of nitrogens with one attached hydrogen (secondary N) is 2. The number of rotatable bonds is 6. The van der Waals surface area contributed by atoms with Gasteiger partial charge in [-0.1, -0.05) is 30.7 Å². The molecule has 1 amide bonds. The van der Waals surface area contributed by atoms with E-state index in [2.05, 4.69) is 17.6 Å². The summed E-state index contributed by atoms with van der Waals surface area (Å²) in [5.41, 5.74) is 1.12. The molecule has 2 atom stereocenters. The van der Waals surface area contributed by atoms with Crippen molar-refractivity contribution in [2.75, 3.05) is 13.1 Å². The van der Waals surface area contributed by atoms with Crippen molar-refractivity contribution in [2.45, 2.75) is 45.1 Å². The predicted octanol–water partition coefficient (Wildman–Crippen LogP) is 3.69. The molecule has 21 heavy (non-hydrogen) atoms. The van der Waals surface area contributed by atoms with Gasteiger partial charge >= 0.3 is 0 Å². The minimum atomic E-state index is 0.0826. The smallest absolute Gasteiger partial charge is 0.220 e. The third kappa shape index (κ3) is 5.33. The zero-order chi connectivity index (χ0) is 15.1. The molecule has 0 aromatic heterocycles. The highest BCUT2D eigenvalue weighted by molar-refractivity contribution is 6.30. The summed E-state index contributed by atoms with van der Waals surface area (Å²) in [5, 5.41) is 7.26. The molecule has 1 aromatic rings. The van der Waals surface area contributed by atoms with Gasteiger partial charge in [-0.05, 0) is 62.4 Å². The normalized spacial score (nSPS) is 20.0. The van der Waals surface area contributed by atoms with Crippen molar-refractivity contribution in [3.63, 3.8) is 0 Å². The second-order valence-electron chi connectivity index (χ2n) is 5.83. The Balaban J connectivity index is 1.80. The van der Waals surface area contributed by atoms with Gasteiger partial charge in [-0.25, -0.2) is 0 Å². The Labute approximate surface area is 132 Å². The minimum absolute atomic E-state index is 0.0826. The largest absolute Gasteiger partial charge is 0.349 e. The maximum atomic E-state index is 12.1. The first-order chi connectivity index (χ1) is 10.2. The average molecular weight is 309 g/mol. The lowest BCUT2D eigenvalue weighted by Gasteiger charge is -2.23. The first kappa shape index (κ1) is 16.3. The van der Waals surface area contributed by atoms with Crippen LogP contribution < -0.4 is 10.6 Å². The predicted molar refractivity (Wildman–Crippen MR) is 87.5 cm³/mol. The molecule has 0 radical (unpaired) electrons. The van der Waals surface area contributed by atoms with Gasteiger partial charge in [0.15, 0.2) is 0 Å². The highest BCUT2D eigenvalue weighted by atomic mass is 35.5. The molecule has 4 heteroatoms. The Kier molecular flexibility index (Phi) is 6.52. The summed E-state index contributed by atoms with van der Waals surface area (Å²) >= 11 is 5.91. The zero-order valence-electron chi connectivity index (χ0n) is 12.7. The molecule has 0 spiro atoms. The van der Waals surface area contributed by atoms with Gasteiger partial charge in [0.1, 0.15) is 0 Å². The van der Waals surface area contributed by atoms with E-state index < -0.39 is 0 Å². The van der Waals surface area contributed by atoms with Crippen LogP contribution in [0.2, 0.25) is 5.02 Å². The second kappa shape index (κ2) is 8.40. The number of carbonyl (C=O) groups is 1. The molecule has 0 aliphatic carbocycles. The Morgan fingerprint density at radius 3 is 2.81 bits per heavy atom. The van der Waals surface area contributed by atoms with Crippen molar-refractivity contribution < 1.29 is 4.79 Å². The third-order valence-electron chi connectivity index (χ3n) is 4.19. The number of benzene rings is 1. The number of hydrogen-bond donors (Lipinski definition) is 2. The van der Waals surface area contributed by atoms with Crippen molar-refractivity contribution in [1.29, 1.82) is 0 Å². The Hall–Kier alpha value is -1.06. The molecule has 2 N–H and O–H groups in total. The van der Waals surface area contributed by atoms with E-state index in [9.17, 15) is 4.79 Å². The summed E-state index contributed by atoms with van der Waals surface area (Å²) in [6, 6.07) is 7.81. The molecule has 1 saturated heterocycles. The van der Waals surface area contributed by atoms with E-state index in [1.165, 1.54) is 12.8 Å². The molecular weight excluding hydrogens is 284 g/mol. The van der Waals surface area contributed by atoms with Gasteiger partial charge < -0.3 is 10.6 Å². The number of halogens is 1. The van der Waals surface area contributed by atoms with E-state index in [0.717, 1.165) is 36.5 Å². The van der Waals surface area contributed by atoms with Crippen LogP contribution in [0.15, 0.2) is 24.3 Å². The third-order valence-corrected chi connectivity index (χ3v) is 4.45. The van der Waals surface area contributed by atoms with Crippen molar-refractivity contribution in [3.8, 4) is 0 Å². The highest BCUT2D eigenvalue weighted by Crippen LogP contribution is 2.20. The number of amides is 1. The molecular formula is C17H25ClN2O. The van der Waals surface area contributed by atoms with Crippen LogP contribution in [-0.4, -0.2) is 19.0 Å². The lowest BCUT2D eigenvalue weighted by atomic mass is 9.94. The fraction of sp³-hybridized carbons (Fsp3) is 0.588.